The van der Waals surface area contributed by atoms with Crippen LogP contribution in [-0.4, -0.2) is 4.57 Å². The van der Waals surface area contributed by atoms with E-state index in [4.69, 9.17) is 0 Å². The van der Waals surface area contributed by atoms with Gasteiger partial charge in [-0.15, -0.1) is 0 Å². The Hall–Kier alpha value is -9.50. The zero-order valence-electron chi connectivity index (χ0n) is 40.5. The first-order valence-corrected chi connectivity index (χ1v) is 25.8. The van der Waals surface area contributed by atoms with Crippen molar-refractivity contribution >= 4 is 49.6 Å². The Balaban J connectivity index is 1.03. The molecule has 1 unspecified atom stereocenters. The van der Waals surface area contributed by atoms with Gasteiger partial charge in [-0.1, -0.05) is 237 Å². The van der Waals surface area contributed by atoms with E-state index in [9.17, 15) is 0 Å². The van der Waals surface area contributed by atoms with Crippen LogP contribution in [0.2, 0.25) is 0 Å². The second kappa shape index (κ2) is 15.5. The summed E-state index contributed by atoms with van der Waals surface area (Å²) in [4.78, 5) is 2.57. The summed E-state index contributed by atoms with van der Waals surface area (Å²) in [6, 6.07) is 105. The van der Waals surface area contributed by atoms with Crippen molar-refractivity contribution in [2.24, 2.45) is 0 Å². The summed E-state index contributed by atoms with van der Waals surface area (Å²) < 4.78 is 2.53. The molecule has 74 heavy (non-hydrogen) atoms. The molecular weight excluding hydrogens is 893 g/mol. The first-order chi connectivity index (χ1) is 36.7. The van der Waals surface area contributed by atoms with Crippen molar-refractivity contribution in [2.45, 2.75) is 10.8 Å². The van der Waals surface area contributed by atoms with Gasteiger partial charge in [-0.2, -0.15) is 0 Å². The van der Waals surface area contributed by atoms with E-state index >= 15 is 0 Å². The smallest absolute Gasteiger partial charge is 0.0755 e. The van der Waals surface area contributed by atoms with Crippen LogP contribution in [0.15, 0.2) is 279 Å². The second-order valence-electron chi connectivity index (χ2n) is 20.2. The summed E-state index contributed by atoms with van der Waals surface area (Å²) in [5.74, 6) is 0. The largest absolute Gasteiger partial charge is 0.310 e. The lowest BCUT2D eigenvalue weighted by molar-refractivity contribution is 0.748. The molecule has 0 saturated carbocycles. The molecule has 0 N–H and O–H groups in total. The highest BCUT2D eigenvalue weighted by atomic mass is 15.1. The van der Waals surface area contributed by atoms with E-state index in [0.29, 0.717) is 0 Å². The first kappa shape index (κ1) is 41.2. The van der Waals surface area contributed by atoms with E-state index in [1.165, 1.54) is 116 Å². The van der Waals surface area contributed by atoms with Crippen molar-refractivity contribution in [3.63, 3.8) is 0 Å². The molecule has 16 rings (SSSR count). The topological polar surface area (TPSA) is 8.17 Å². The van der Waals surface area contributed by atoms with Crippen LogP contribution in [0.4, 0.5) is 17.1 Å². The number of benzene rings is 12. The molecule has 1 spiro atoms. The molecule has 0 amide bonds. The molecule has 3 aliphatic rings. The van der Waals surface area contributed by atoms with Gasteiger partial charge in [-0.05, 0) is 126 Å². The minimum atomic E-state index is -0.614. The minimum Gasteiger partial charge on any atom is -0.310 e. The third-order valence-corrected chi connectivity index (χ3v) is 16.8. The van der Waals surface area contributed by atoms with Gasteiger partial charge in [-0.25, -0.2) is 0 Å². The van der Waals surface area contributed by atoms with Gasteiger partial charge in [0.05, 0.1) is 33.2 Å². The highest BCUT2D eigenvalue weighted by molar-refractivity contribution is 6.14. The Kier molecular flexibility index (Phi) is 8.62. The molecule has 0 bridgehead atoms. The Morgan fingerprint density at radius 2 is 0.838 bits per heavy atom. The molecule has 2 heterocycles. The average Bonchev–Trinajstić information content (AvgIpc) is 4.09. The standard InChI is InChI=1S/C72H46N2/c1-4-22-47(23-5-1)48-24-20-29-51(44-48)73(68-46-65-69(57-33-11-10-31-55(57)68)59-34-13-16-37-61(59)71(65,49-25-6-2-7-26-49)50-27-8-3-9-28-50)52-42-43-54-53-30-12-15-36-60(53)72(64(54)45-52)62-38-17-19-41-67(62)74-66-40-18-14-32-56(66)58-35-21-39-63(72)70(58)74/h1-46H. The zero-order valence-corrected chi connectivity index (χ0v) is 40.5. The van der Waals surface area contributed by atoms with Crippen molar-refractivity contribution in [1.82, 2.24) is 4.57 Å². The van der Waals surface area contributed by atoms with Crippen molar-refractivity contribution in [2.75, 3.05) is 4.90 Å². The Labute approximate surface area is 430 Å². The van der Waals surface area contributed by atoms with Crippen LogP contribution in [0, 0.1) is 0 Å². The monoisotopic (exact) mass is 938 g/mol. The maximum Gasteiger partial charge on any atom is 0.0755 e. The maximum absolute atomic E-state index is 2.57. The molecule has 0 radical (unpaired) electrons. The van der Waals surface area contributed by atoms with Crippen molar-refractivity contribution < 1.29 is 0 Å². The quantitative estimate of drug-likeness (QED) is 0.161. The van der Waals surface area contributed by atoms with Crippen molar-refractivity contribution in [1.29, 1.82) is 0 Å². The van der Waals surface area contributed by atoms with E-state index in [0.717, 1.165) is 17.1 Å². The van der Waals surface area contributed by atoms with Gasteiger partial charge < -0.3 is 9.47 Å². The van der Waals surface area contributed by atoms with Crippen LogP contribution in [-0.2, 0) is 10.8 Å². The number of nitrogens with zero attached hydrogens (tertiary/aromatic N) is 2. The zero-order chi connectivity index (χ0) is 48.5. The number of aromatic nitrogens is 1. The fourth-order valence-electron chi connectivity index (χ4n) is 14.0. The van der Waals surface area contributed by atoms with Crippen molar-refractivity contribution in [3.05, 3.63) is 324 Å². The van der Waals surface area contributed by atoms with Crippen LogP contribution < -0.4 is 4.90 Å². The van der Waals surface area contributed by atoms with Gasteiger partial charge in [0.1, 0.15) is 0 Å². The van der Waals surface area contributed by atoms with Gasteiger partial charge in [0.25, 0.3) is 0 Å². The molecule has 12 aromatic carbocycles. The Bertz CT molecular complexity index is 4390. The third kappa shape index (κ3) is 5.33. The molecule has 344 valence electrons. The average molecular weight is 939 g/mol. The Morgan fingerprint density at radius 1 is 0.297 bits per heavy atom. The molecule has 2 aliphatic carbocycles. The minimum absolute atomic E-state index is 0.600. The highest BCUT2D eigenvalue weighted by Crippen LogP contribution is 2.63. The van der Waals surface area contributed by atoms with E-state index in [2.05, 4.69) is 289 Å². The van der Waals surface area contributed by atoms with Crippen LogP contribution >= 0.6 is 0 Å². The summed E-state index contributed by atoms with van der Waals surface area (Å²) in [5.41, 5.74) is 23.6. The van der Waals surface area contributed by atoms with Crippen molar-refractivity contribution in [3.8, 4) is 39.1 Å². The summed E-state index contributed by atoms with van der Waals surface area (Å²) in [6.07, 6.45) is 0. The van der Waals surface area contributed by atoms with Gasteiger partial charge in [0.15, 0.2) is 0 Å². The summed E-state index contributed by atoms with van der Waals surface area (Å²) >= 11 is 0. The SMILES string of the molecule is c1ccc(-c2cccc(N(c3ccc4c(c3)C3(c5ccccc5-4)c4ccccc4-n4c5ccccc5c5cccc3c54)c3cc4c(c5ccccc35)-c3ccccc3C4(c3ccccc3)c3ccccc3)c2)cc1. The van der Waals surface area contributed by atoms with E-state index < -0.39 is 10.8 Å². The van der Waals surface area contributed by atoms with Crippen LogP contribution in [0.1, 0.15) is 44.5 Å². The van der Waals surface area contributed by atoms with Crippen LogP contribution in [0.25, 0.3) is 71.6 Å². The van der Waals surface area contributed by atoms with E-state index in [1.54, 1.807) is 0 Å². The van der Waals surface area contributed by atoms with Gasteiger partial charge in [0.2, 0.25) is 0 Å². The number of anilines is 3. The summed E-state index contributed by atoms with van der Waals surface area (Å²) in [5, 5.41) is 4.98. The molecule has 2 nitrogen and oxygen atoms in total. The van der Waals surface area contributed by atoms with Gasteiger partial charge in [-0.3, -0.25) is 0 Å². The lowest BCUT2D eigenvalue weighted by Crippen LogP contribution is -2.33. The van der Waals surface area contributed by atoms with Crippen LogP contribution in [0.5, 0.6) is 0 Å². The summed E-state index contributed by atoms with van der Waals surface area (Å²) in [6.45, 7) is 0. The number of hydrogen-bond acceptors (Lipinski definition) is 1. The number of fused-ring (bicyclic) bond motifs is 17. The number of hydrogen-bond donors (Lipinski definition) is 0. The molecule has 13 aromatic rings. The fourth-order valence-corrected chi connectivity index (χ4v) is 14.0. The molecule has 2 heteroatoms. The van der Waals surface area contributed by atoms with E-state index in [-0.39, 0.29) is 0 Å². The maximum atomic E-state index is 2.57. The molecule has 0 fully saturated rings. The molecule has 1 aromatic heterocycles. The predicted octanol–water partition coefficient (Wildman–Crippen LogP) is 18.1. The fraction of sp³-hybridized carbons (Fsp3) is 0.0278. The van der Waals surface area contributed by atoms with E-state index in [1.807, 2.05) is 0 Å². The lowest BCUT2D eigenvalue weighted by Gasteiger charge is -2.40. The Morgan fingerprint density at radius 3 is 1.61 bits per heavy atom. The number of para-hydroxylation sites is 3. The first-order valence-electron chi connectivity index (χ1n) is 25.8. The third-order valence-electron chi connectivity index (χ3n) is 16.8. The molecule has 1 aliphatic heterocycles. The number of rotatable bonds is 6. The molecule has 1 atom stereocenters. The highest BCUT2D eigenvalue weighted by Gasteiger charge is 2.52. The van der Waals surface area contributed by atoms with Crippen LogP contribution in [0.3, 0.4) is 0 Å². The molecule has 0 saturated heterocycles. The lowest BCUT2D eigenvalue weighted by atomic mass is 9.65. The predicted molar refractivity (Wildman–Crippen MR) is 307 cm³/mol. The normalized spacial score (nSPS) is 15.2. The molecular formula is C72H46N2. The van der Waals surface area contributed by atoms with Gasteiger partial charge in [0, 0.05) is 27.5 Å². The van der Waals surface area contributed by atoms with Gasteiger partial charge >= 0.3 is 0 Å². The summed E-state index contributed by atoms with van der Waals surface area (Å²) in [7, 11) is 0. The second-order valence-corrected chi connectivity index (χ2v) is 20.2.